The van der Waals surface area contributed by atoms with Crippen LogP contribution in [0.1, 0.15) is 53.4 Å². The zero-order valence-corrected chi connectivity index (χ0v) is 11.4. The molecule has 0 saturated heterocycles. The second-order valence-corrected chi connectivity index (χ2v) is 5.25. The first-order chi connectivity index (χ1) is 6.88. The first-order valence-corrected chi connectivity index (χ1v) is 6.23. The molecule has 0 amide bonds. The smallest absolute Gasteiger partial charge is 0.0723 e. The number of aliphatic hydroxyl groups excluding tert-OH is 1. The first kappa shape index (κ1) is 14.9. The van der Waals surface area contributed by atoms with Crippen LogP contribution in [-0.4, -0.2) is 35.7 Å². The average molecular weight is 215 g/mol. The summed E-state index contributed by atoms with van der Waals surface area (Å²) in [5.74, 6) is 0.621. The number of hydrogen-bond acceptors (Lipinski definition) is 2. The zero-order chi connectivity index (χ0) is 12.1. The first-order valence-electron chi connectivity index (χ1n) is 6.23. The van der Waals surface area contributed by atoms with E-state index in [0.717, 1.165) is 12.8 Å². The number of likely N-dealkylation sites (N-methyl/N-ethyl adjacent to an activating group) is 1. The molecule has 0 aliphatic carbocycles. The fourth-order valence-electron chi connectivity index (χ4n) is 2.10. The minimum absolute atomic E-state index is 0.0813. The molecule has 3 unspecified atom stereocenters. The Kier molecular flexibility index (Phi) is 6.46. The second kappa shape index (κ2) is 6.49. The van der Waals surface area contributed by atoms with Crippen molar-refractivity contribution in [1.29, 1.82) is 0 Å². The Morgan fingerprint density at radius 2 is 1.80 bits per heavy atom. The van der Waals surface area contributed by atoms with E-state index in [1.807, 2.05) is 0 Å². The SMILES string of the molecule is CCCC(C)CC(O)C(C)(CC)N(C)C. The maximum atomic E-state index is 10.3. The summed E-state index contributed by atoms with van der Waals surface area (Å²) in [6, 6.07) is 0. The van der Waals surface area contributed by atoms with Crippen molar-refractivity contribution in [2.24, 2.45) is 5.92 Å². The van der Waals surface area contributed by atoms with E-state index in [1.54, 1.807) is 0 Å². The zero-order valence-electron chi connectivity index (χ0n) is 11.4. The molecule has 0 aromatic carbocycles. The highest BCUT2D eigenvalue weighted by molar-refractivity contribution is 4.89. The summed E-state index contributed by atoms with van der Waals surface area (Å²) in [6.45, 7) is 8.73. The molecule has 0 aromatic heterocycles. The molecule has 0 saturated carbocycles. The monoisotopic (exact) mass is 215 g/mol. The van der Waals surface area contributed by atoms with Crippen LogP contribution in [0.25, 0.3) is 0 Å². The van der Waals surface area contributed by atoms with Gasteiger partial charge in [-0.1, -0.05) is 33.6 Å². The van der Waals surface area contributed by atoms with Crippen LogP contribution in [0.3, 0.4) is 0 Å². The minimum Gasteiger partial charge on any atom is -0.391 e. The van der Waals surface area contributed by atoms with Crippen LogP contribution in [0.4, 0.5) is 0 Å². The molecule has 3 atom stereocenters. The standard InChI is InChI=1S/C13H29NO/c1-7-9-11(3)10-12(15)13(4,8-2)14(5)6/h11-12,15H,7-10H2,1-6H3. The molecule has 15 heavy (non-hydrogen) atoms. The van der Waals surface area contributed by atoms with E-state index in [4.69, 9.17) is 0 Å². The lowest BCUT2D eigenvalue weighted by Crippen LogP contribution is -2.51. The molecule has 0 aromatic rings. The molecule has 0 spiro atoms. The third kappa shape index (κ3) is 4.12. The van der Waals surface area contributed by atoms with Crippen molar-refractivity contribution in [3.8, 4) is 0 Å². The lowest BCUT2D eigenvalue weighted by Gasteiger charge is -2.40. The van der Waals surface area contributed by atoms with Gasteiger partial charge in [-0.15, -0.1) is 0 Å². The van der Waals surface area contributed by atoms with Gasteiger partial charge in [0.25, 0.3) is 0 Å². The predicted octanol–water partition coefficient (Wildman–Crippen LogP) is 2.90. The fraction of sp³-hybridized carbons (Fsp3) is 1.00. The molecule has 1 N–H and O–H groups in total. The van der Waals surface area contributed by atoms with Gasteiger partial charge >= 0.3 is 0 Å². The lowest BCUT2D eigenvalue weighted by atomic mass is 9.84. The summed E-state index contributed by atoms with van der Waals surface area (Å²) in [7, 11) is 4.11. The van der Waals surface area contributed by atoms with Gasteiger partial charge in [-0.2, -0.15) is 0 Å². The number of rotatable bonds is 7. The third-order valence-electron chi connectivity index (χ3n) is 3.86. The van der Waals surface area contributed by atoms with Crippen molar-refractivity contribution in [1.82, 2.24) is 4.90 Å². The fourth-order valence-corrected chi connectivity index (χ4v) is 2.10. The van der Waals surface area contributed by atoms with Crippen LogP contribution in [0, 0.1) is 5.92 Å². The number of aliphatic hydroxyl groups is 1. The van der Waals surface area contributed by atoms with Gasteiger partial charge in [0.15, 0.2) is 0 Å². The Labute approximate surface area is 95.7 Å². The van der Waals surface area contributed by atoms with E-state index in [0.29, 0.717) is 5.92 Å². The molecular formula is C13H29NO. The molecule has 0 heterocycles. The quantitative estimate of drug-likeness (QED) is 0.706. The van der Waals surface area contributed by atoms with Gasteiger partial charge in [0, 0.05) is 5.54 Å². The van der Waals surface area contributed by atoms with Crippen molar-refractivity contribution in [2.75, 3.05) is 14.1 Å². The van der Waals surface area contributed by atoms with E-state index in [2.05, 4.69) is 46.7 Å². The van der Waals surface area contributed by atoms with Crippen LogP contribution in [0.2, 0.25) is 0 Å². The molecule has 2 heteroatoms. The average Bonchev–Trinajstić information content (AvgIpc) is 2.16. The Balaban J connectivity index is 4.33. The minimum atomic E-state index is -0.223. The molecular weight excluding hydrogens is 186 g/mol. The highest BCUT2D eigenvalue weighted by Crippen LogP contribution is 2.26. The summed E-state index contributed by atoms with van der Waals surface area (Å²) in [5.41, 5.74) is -0.0813. The van der Waals surface area contributed by atoms with Gasteiger partial charge in [-0.3, -0.25) is 0 Å². The largest absolute Gasteiger partial charge is 0.391 e. The Morgan fingerprint density at radius 3 is 2.13 bits per heavy atom. The molecule has 0 fully saturated rings. The van der Waals surface area contributed by atoms with Gasteiger partial charge in [0.2, 0.25) is 0 Å². The van der Waals surface area contributed by atoms with E-state index in [9.17, 15) is 5.11 Å². The Morgan fingerprint density at radius 1 is 1.27 bits per heavy atom. The van der Waals surface area contributed by atoms with Gasteiger partial charge in [-0.05, 0) is 39.8 Å². The van der Waals surface area contributed by atoms with Gasteiger partial charge < -0.3 is 10.0 Å². The Bertz CT molecular complexity index is 170. The van der Waals surface area contributed by atoms with Crippen molar-refractivity contribution in [3.63, 3.8) is 0 Å². The molecule has 0 bridgehead atoms. The Hall–Kier alpha value is -0.0800. The van der Waals surface area contributed by atoms with Gasteiger partial charge in [0.05, 0.1) is 6.10 Å². The molecule has 2 nitrogen and oxygen atoms in total. The van der Waals surface area contributed by atoms with Crippen LogP contribution in [0.15, 0.2) is 0 Å². The van der Waals surface area contributed by atoms with Crippen molar-refractivity contribution < 1.29 is 5.11 Å². The van der Waals surface area contributed by atoms with E-state index in [-0.39, 0.29) is 11.6 Å². The molecule has 0 aliphatic heterocycles. The van der Waals surface area contributed by atoms with Crippen LogP contribution in [-0.2, 0) is 0 Å². The third-order valence-corrected chi connectivity index (χ3v) is 3.86. The highest BCUT2D eigenvalue weighted by atomic mass is 16.3. The normalized spacial score (nSPS) is 20.0. The summed E-state index contributed by atoms with van der Waals surface area (Å²) < 4.78 is 0. The highest BCUT2D eigenvalue weighted by Gasteiger charge is 2.33. The predicted molar refractivity (Wildman–Crippen MR) is 67.1 cm³/mol. The van der Waals surface area contributed by atoms with Gasteiger partial charge in [-0.25, -0.2) is 0 Å². The van der Waals surface area contributed by atoms with Crippen molar-refractivity contribution >= 4 is 0 Å². The summed E-state index contributed by atoms with van der Waals surface area (Å²) in [6.07, 6.45) is 4.10. The molecule has 92 valence electrons. The maximum Gasteiger partial charge on any atom is 0.0723 e. The van der Waals surface area contributed by atoms with E-state index in [1.165, 1.54) is 12.8 Å². The van der Waals surface area contributed by atoms with Crippen LogP contribution in [0.5, 0.6) is 0 Å². The molecule has 0 rings (SSSR count). The van der Waals surface area contributed by atoms with Crippen LogP contribution < -0.4 is 0 Å². The molecule has 0 radical (unpaired) electrons. The summed E-state index contributed by atoms with van der Waals surface area (Å²) >= 11 is 0. The topological polar surface area (TPSA) is 23.5 Å². The maximum absolute atomic E-state index is 10.3. The van der Waals surface area contributed by atoms with E-state index < -0.39 is 0 Å². The van der Waals surface area contributed by atoms with Gasteiger partial charge in [0.1, 0.15) is 0 Å². The number of hydrogen-bond donors (Lipinski definition) is 1. The summed E-state index contributed by atoms with van der Waals surface area (Å²) in [4.78, 5) is 2.15. The summed E-state index contributed by atoms with van der Waals surface area (Å²) in [5, 5.41) is 10.3. The van der Waals surface area contributed by atoms with Crippen molar-refractivity contribution in [3.05, 3.63) is 0 Å². The van der Waals surface area contributed by atoms with Crippen molar-refractivity contribution in [2.45, 2.75) is 65.0 Å². The van der Waals surface area contributed by atoms with Crippen LogP contribution >= 0.6 is 0 Å². The molecule has 0 aliphatic rings. The van der Waals surface area contributed by atoms with E-state index >= 15 is 0 Å². The number of nitrogens with zero attached hydrogens (tertiary/aromatic N) is 1. The lowest BCUT2D eigenvalue weighted by molar-refractivity contribution is -0.0111. The second-order valence-electron chi connectivity index (χ2n) is 5.25.